The quantitative estimate of drug-likeness (QED) is 0.206. The van der Waals surface area contributed by atoms with E-state index in [1.807, 2.05) is 0 Å². The zero-order valence-electron chi connectivity index (χ0n) is 21.3. The summed E-state index contributed by atoms with van der Waals surface area (Å²) >= 11 is 3.82. The second kappa shape index (κ2) is 9.72. The van der Waals surface area contributed by atoms with Crippen molar-refractivity contribution < 1.29 is 0 Å². The summed E-state index contributed by atoms with van der Waals surface area (Å²) in [5, 5.41) is 0. The number of anilines is 3. The third kappa shape index (κ3) is 3.83. The molecule has 1 aliphatic heterocycles. The van der Waals surface area contributed by atoms with E-state index in [0.29, 0.717) is 0 Å². The molecule has 0 saturated heterocycles. The first kappa shape index (κ1) is 23.7. The van der Waals surface area contributed by atoms with Gasteiger partial charge in [-0.05, 0) is 69.8 Å². The molecule has 0 amide bonds. The van der Waals surface area contributed by atoms with Gasteiger partial charge in [0.05, 0.1) is 16.8 Å². The van der Waals surface area contributed by atoms with Crippen molar-refractivity contribution in [1.29, 1.82) is 0 Å². The fourth-order valence-corrected chi connectivity index (χ4v) is 6.50. The maximum atomic E-state index is 3.82. The Bertz CT molecular complexity index is 1700. The van der Waals surface area contributed by atoms with Crippen molar-refractivity contribution in [2.24, 2.45) is 0 Å². The monoisotopic (exact) mass is 563 g/mol. The largest absolute Gasteiger partial charge is 0.310 e. The zero-order valence-corrected chi connectivity index (χ0v) is 22.9. The number of rotatable bonds is 4. The number of hydrogen-bond acceptors (Lipinski definition) is 1. The zero-order chi connectivity index (χ0) is 26.2. The molecule has 39 heavy (non-hydrogen) atoms. The molecule has 6 aromatic rings. The van der Waals surface area contributed by atoms with Crippen LogP contribution in [-0.4, -0.2) is 0 Å². The maximum Gasteiger partial charge on any atom is 0.0742 e. The Hall–Kier alpha value is -4.40. The van der Waals surface area contributed by atoms with Crippen LogP contribution in [-0.2, 0) is 5.41 Å². The van der Waals surface area contributed by atoms with Crippen molar-refractivity contribution in [3.05, 3.63) is 184 Å². The van der Waals surface area contributed by atoms with Crippen LogP contribution in [0.4, 0.5) is 17.1 Å². The molecule has 0 atom stereocenters. The minimum Gasteiger partial charge on any atom is -0.310 e. The number of hydrogen-bond donors (Lipinski definition) is 0. The average molecular weight is 565 g/mol. The summed E-state index contributed by atoms with van der Waals surface area (Å²) in [6, 6.07) is 56.9. The fourth-order valence-electron chi connectivity index (χ4n) is 6.14. The topological polar surface area (TPSA) is 3.24 Å². The normalized spacial score (nSPS) is 13.4. The lowest BCUT2D eigenvalue weighted by atomic mass is 9.62. The van der Waals surface area contributed by atoms with Gasteiger partial charge in [-0.2, -0.15) is 0 Å². The van der Waals surface area contributed by atoms with Crippen molar-refractivity contribution in [3.8, 4) is 11.1 Å². The second-order valence-electron chi connectivity index (χ2n) is 9.91. The molecule has 2 heteroatoms. The predicted molar refractivity (Wildman–Crippen MR) is 166 cm³/mol. The number of fused-ring (bicyclic) bond motifs is 2. The van der Waals surface area contributed by atoms with E-state index in [1.165, 1.54) is 44.8 Å². The van der Waals surface area contributed by atoms with Gasteiger partial charge in [0.1, 0.15) is 0 Å². The SMILES string of the molecule is Brc1ccc2c(c1)C(c1ccccc1)(c1ccccc1)c1ccccc1N2c1ccc(-c2ccccc2)cc1. The molecule has 186 valence electrons. The first-order valence-corrected chi connectivity index (χ1v) is 14.0. The van der Waals surface area contributed by atoms with Crippen LogP contribution in [0.25, 0.3) is 11.1 Å². The van der Waals surface area contributed by atoms with Gasteiger partial charge in [0.2, 0.25) is 0 Å². The summed E-state index contributed by atoms with van der Waals surface area (Å²) in [4.78, 5) is 2.41. The van der Waals surface area contributed by atoms with E-state index in [1.54, 1.807) is 0 Å². The maximum absolute atomic E-state index is 3.82. The van der Waals surface area contributed by atoms with E-state index >= 15 is 0 Å². The van der Waals surface area contributed by atoms with Gasteiger partial charge < -0.3 is 4.90 Å². The second-order valence-corrected chi connectivity index (χ2v) is 10.8. The van der Waals surface area contributed by atoms with Crippen molar-refractivity contribution in [3.63, 3.8) is 0 Å². The summed E-state index contributed by atoms with van der Waals surface area (Å²) in [6.07, 6.45) is 0. The van der Waals surface area contributed by atoms with Gasteiger partial charge in [-0.25, -0.2) is 0 Å². The van der Waals surface area contributed by atoms with Crippen LogP contribution in [0.1, 0.15) is 22.3 Å². The van der Waals surface area contributed by atoms with E-state index in [4.69, 9.17) is 0 Å². The van der Waals surface area contributed by atoms with Gasteiger partial charge in [0.25, 0.3) is 0 Å². The fraction of sp³-hybridized carbons (Fsp3) is 0.0270. The molecule has 6 aromatic carbocycles. The molecular weight excluding hydrogens is 538 g/mol. The van der Waals surface area contributed by atoms with E-state index in [9.17, 15) is 0 Å². The van der Waals surface area contributed by atoms with Gasteiger partial charge in [-0.15, -0.1) is 0 Å². The van der Waals surface area contributed by atoms with Gasteiger partial charge in [-0.1, -0.05) is 137 Å². The van der Waals surface area contributed by atoms with E-state index in [-0.39, 0.29) is 0 Å². The minimum absolute atomic E-state index is 0.474. The Morgan fingerprint density at radius 1 is 0.436 bits per heavy atom. The highest BCUT2D eigenvalue weighted by atomic mass is 79.9. The number of halogens is 1. The van der Waals surface area contributed by atoms with Crippen LogP contribution in [0.2, 0.25) is 0 Å². The molecule has 0 spiro atoms. The van der Waals surface area contributed by atoms with Crippen LogP contribution < -0.4 is 4.90 Å². The summed E-state index contributed by atoms with van der Waals surface area (Å²) in [5.41, 5.74) is 10.5. The molecule has 0 aromatic heterocycles. The van der Waals surface area contributed by atoms with Crippen LogP contribution in [0, 0.1) is 0 Å². The van der Waals surface area contributed by atoms with E-state index in [0.717, 1.165) is 10.2 Å². The highest BCUT2D eigenvalue weighted by molar-refractivity contribution is 9.10. The molecule has 0 radical (unpaired) electrons. The van der Waals surface area contributed by atoms with E-state index < -0.39 is 5.41 Å². The summed E-state index contributed by atoms with van der Waals surface area (Å²) < 4.78 is 1.07. The number of benzene rings is 6. The Balaban J connectivity index is 1.52. The third-order valence-corrected chi connectivity index (χ3v) is 8.29. The molecule has 0 N–H and O–H groups in total. The Morgan fingerprint density at radius 2 is 0.949 bits per heavy atom. The first-order chi connectivity index (χ1) is 19.3. The van der Waals surface area contributed by atoms with Crippen LogP contribution in [0.5, 0.6) is 0 Å². The molecule has 0 fully saturated rings. The smallest absolute Gasteiger partial charge is 0.0742 e. The summed E-state index contributed by atoms with van der Waals surface area (Å²) in [7, 11) is 0. The number of para-hydroxylation sites is 1. The van der Waals surface area contributed by atoms with Crippen molar-refractivity contribution >= 4 is 33.0 Å². The molecule has 1 nitrogen and oxygen atoms in total. The van der Waals surface area contributed by atoms with Crippen molar-refractivity contribution in [1.82, 2.24) is 0 Å². The van der Waals surface area contributed by atoms with Crippen LogP contribution in [0.15, 0.2) is 162 Å². The van der Waals surface area contributed by atoms with Crippen LogP contribution >= 0.6 is 15.9 Å². The standard InChI is InChI=1S/C37H26BrN/c38-31-22-25-36-34(26-31)37(29-14-6-2-7-15-29,30-16-8-3-9-17-30)33-18-10-11-19-35(33)39(36)32-23-20-28(21-24-32)27-12-4-1-5-13-27/h1-26H. The lowest BCUT2D eigenvalue weighted by molar-refractivity contribution is 0.730. The average Bonchev–Trinajstić information content (AvgIpc) is 3.01. The summed E-state index contributed by atoms with van der Waals surface area (Å²) in [6.45, 7) is 0. The van der Waals surface area contributed by atoms with Gasteiger partial charge in [0, 0.05) is 10.2 Å². The molecule has 0 bridgehead atoms. The summed E-state index contributed by atoms with van der Waals surface area (Å²) in [5.74, 6) is 0. The van der Waals surface area contributed by atoms with Gasteiger partial charge in [-0.3, -0.25) is 0 Å². The molecule has 0 saturated carbocycles. The Morgan fingerprint density at radius 3 is 1.59 bits per heavy atom. The van der Waals surface area contributed by atoms with E-state index in [2.05, 4.69) is 179 Å². The lowest BCUT2D eigenvalue weighted by Crippen LogP contribution is -2.37. The molecule has 0 unspecified atom stereocenters. The predicted octanol–water partition coefficient (Wildman–Crippen LogP) is 10.3. The van der Waals surface area contributed by atoms with Crippen LogP contribution in [0.3, 0.4) is 0 Å². The van der Waals surface area contributed by atoms with Gasteiger partial charge >= 0.3 is 0 Å². The minimum atomic E-state index is -0.474. The molecule has 1 heterocycles. The molecule has 7 rings (SSSR count). The first-order valence-electron chi connectivity index (χ1n) is 13.2. The van der Waals surface area contributed by atoms with Crippen molar-refractivity contribution in [2.75, 3.05) is 4.90 Å². The lowest BCUT2D eigenvalue weighted by Gasteiger charge is -2.46. The van der Waals surface area contributed by atoms with Gasteiger partial charge in [0.15, 0.2) is 0 Å². The Labute approximate surface area is 238 Å². The third-order valence-electron chi connectivity index (χ3n) is 7.80. The highest BCUT2D eigenvalue weighted by Gasteiger charge is 2.46. The highest BCUT2D eigenvalue weighted by Crippen LogP contribution is 2.58. The molecule has 1 aliphatic rings. The number of nitrogens with zero attached hydrogens (tertiary/aromatic N) is 1. The molecule has 0 aliphatic carbocycles. The Kier molecular flexibility index (Phi) is 5.91. The molecular formula is C37H26BrN. The van der Waals surface area contributed by atoms with Crippen molar-refractivity contribution in [2.45, 2.75) is 5.41 Å².